The summed E-state index contributed by atoms with van der Waals surface area (Å²) >= 11 is 0. The number of rotatable bonds is 5. The molecule has 0 aliphatic heterocycles. The van der Waals surface area contributed by atoms with Crippen LogP contribution in [0.1, 0.15) is 15.9 Å². The maximum atomic E-state index is 12.5. The van der Waals surface area contributed by atoms with E-state index in [4.69, 9.17) is 0 Å². The zero-order valence-corrected chi connectivity index (χ0v) is 15.5. The second kappa shape index (κ2) is 7.88. The molecule has 1 N–H and O–H groups in total. The summed E-state index contributed by atoms with van der Waals surface area (Å²) < 4.78 is 1.75. The Morgan fingerprint density at radius 1 is 0.893 bits per heavy atom. The molecule has 0 bridgehead atoms. The van der Waals surface area contributed by atoms with Gasteiger partial charge in [-0.2, -0.15) is 5.10 Å². The number of aromatic nitrogens is 3. The molecule has 138 valence electrons. The van der Waals surface area contributed by atoms with E-state index < -0.39 is 0 Å². The van der Waals surface area contributed by atoms with Crippen molar-refractivity contribution in [2.75, 3.05) is 0 Å². The summed E-state index contributed by atoms with van der Waals surface area (Å²) in [6, 6.07) is 19.8. The van der Waals surface area contributed by atoms with E-state index >= 15 is 0 Å². The number of nitrogens with one attached hydrogen (secondary N) is 1. The van der Waals surface area contributed by atoms with Gasteiger partial charge in [-0.15, -0.1) is 0 Å². The molecule has 0 atom stereocenters. The predicted molar refractivity (Wildman–Crippen MR) is 109 cm³/mol. The van der Waals surface area contributed by atoms with Gasteiger partial charge in [0.2, 0.25) is 0 Å². The lowest BCUT2D eigenvalue weighted by atomic mass is 10.0. The molecule has 0 saturated carbocycles. The second-order valence-electron chi connectivity index (χ2n) is 6.61. The maximum Gasteiger partial charge on any atom is 0.251 e. The van der Waals surface area contributed by atoms with Crippen molar-refractivity contribution in [1.29, 1.82) is 0 Å². The van der Waals surface area contributed by atoms with Crippen LogP contribution in [0.25, 0.3) is 22.3 Å². The summed E-state index contributed by atoms with van der Waals surface area (Å²) in [7, 11) is 1.88. The summed E-state index contributed by atoms with van der Waals surface area (Å²) in [6.07, 6.45) is 7.30. The fraction of sp³-hybridized carbons (Fsp3) is 0.0870. The third-order valence-corrected chi connectivity index (χ3v) is 4.54. The minimum Gasteiger partial charge on any atom is -0.348 e. The number of carbonyl (C=O) groups is 1. The molecule has 0 unspecified atom stereocenters. The Morgan fingerprint density at radius 2 is 1.64 bits per heavy atom. The number of hydrogen-bond acceptors (Lipinski definition) is 3. The first-order valence-corrected chi connectivity index (χ1v) is 9.06. The van der Waals surface area contributed by atoms with Gasteiger partial charge >= 0.3 is 0 Å². The summed E-state index contributed by atoms with van der Waals surface area (Å²) in [6.45, 7) is 0.417. The van der Waals surface area contributed by atoms with E-state index in [1.807, 2.05) is 61.8 Å². The summed E-state index contributed by atoms with van der Waals surface area (Å²) in [5.74, 6) is -0.105. The number of benzene rings is 2. The van der Waals surface area contributed by atoms with Gasteiger partial charge in [0, 0.05) is 48.9 Å². The second-order valence-corrected chi connectivity index (χ2v) is 6.61. The molecule has 5 nitrogen and oxygen atoms in total. The summed E-state index contributed by atoms with van der Waals surface area (Å²) in [5, 5.41) is 7.14. The largest absolute Gasteiger partial charge is 0.348 e. The number of hydrogen-bond donors (Lipinski definition) is 1. The van der Waals surface area contributed by atoms with Crippen LogP contribution in [0.4, 0.5) is 0 Å². The van der Waals surface area contributed by atoms with Crippen LogP contribution in [-0.2, 0) is 13.6 Å². The van der Waals surface area contributed by atoms with Crippen LogP contribution < -0.4 is 5.32 Å². The summed E-state index contributed by atoms with van der Waals surface area (Å²) in [4.78, 5) is 16.8. The molecular weight excluding hydrogens is 348 g/mol. The van der Waals surface area contributed by atoms with E-state index in [1.165, 1.54) is 0 Å². The first kappa shape index (κ1) is 17.7. The van der Waals surface area contributed by atoms with Crippen molar-refractivity contribution < 1.29 is 4.79 Å². The van der Waals surface area contributed by atoms with E-state index in [1.54, 1.807) is 23.3 Å². The Bertz CT molecular complexity index is 1090. The molecule has 0 aliphatic rings. The minimum atomic E-state index is -0.105. The standard InChI is InChI=1S/C23H20N4O/c1-27-16-22(15-26-27)21-11-17(12-24-14-21)13-25-23(28)20-9-7-19(8-10-20)18-5-3-2-4-6-18/h2-12,14-16H,13H2,1H3,(H,25,28). The van der Waals surface area contributed by atoms with Gasteiger partial charge < -0.3 is 5.32 Å². The Hall–Kier alpha value is -3.73. The number of nitrogens with zero attached hydrogens (tertiary/aromatic N) is 3. The van der Waals surface area contributed by atoms with Gasteiger partial charge in [-0.1, -0.05) is 42.5 Å². The van der Waals surface area contributed by atoms with Gasteiger partial charge in [0.1, 0.15) is 0 Å². The van der Waals surface area contributed by atoms with Crippen LogP contribution in [0.15, 0.2) is 85.5 Å². The summed E-state index contributed by atoms with van der Waals surface area (Å²) in [5.41, 5.74) is 5.77. The van der Waals surface area contributed by atoms with Crippen molar-refractivity contribution in [2.24, 2.45) is 7.05 Å². The number of carbonyl (C=O) groups excluding carboxylic acids is 1. The fourth-order valence-electron chi connectivity index (χ4n) is 3.04. The predicted octanol–water partition coefficient (Wildman–Crippen LogP) is 4.08. The van der Waals surface area contributed by atoms with Crippen LogP contribution in [0.2, 0.25) is 0 Å². The monoisotopic (exact) mass is 368 g/mol. The average molecular weight is 368 g/mol. The van der Waals surface area contributed by atoms with Crippen molar-refractivity contribution in [3.63, 3.8) is 0 Å². The zero-order chi connectivity index (χ0) is 19.3. The molecule has 2 aromatic heterocycles. The van der Waals surface area contributed by atoms with Gasteiger partial charge in [-0.05, 0) is 34.9 Å². The Labute approximate surface area is 163 Å². The van der Waals surface area contributed by atoms with Crippen molar-refractivity contribution in [2.45, 2.75) is 6.54 Å². The molecule has 0 radical (unpaired) electrons. The first-order chi connectivity index (χ1) is 13.7. The third-order valence-electron chi connectivity index (χ3n) is 4.54. The van der Waals surface area contributed by atoms with Crippen LogP contribution in [0.5, 0.6) is 0 Å². The van der Waals surface area contributed by atoms with E-state index in [2.05, 4.69) is 27.5 Å². The first-order valence-electron chi connectivity index (χ1n) is 9.06. The highest BCUT2D eigenvalue weighted by atomic mass is 16.1. The van der Waals surface area contributed by atoms with Crippen molar-refractivity contribution in [3.8, 4) is 22.3 Å². The van der Waals surface area contributed by atoms with Crippen LogP contribution in [-0.4, -0.2) is 20.7 Å². The van der Waals surface area contributed by atoms with E-state index in [0.29, 0.717) is 12.1 Å². The minimum absolute atomic E-state index is 0.105. The molecule has 28 heavy (non-hydrogen) atoms. The van der Waals surface area contributed by atoms with Gasteiger partial charge in [0.15, 0.2) is 0 Å². The molecule has 4 aromatic rings. The highest BCUT2D eigenvalue weighted by Gasteiger charge is 2.07. The van der Waals surface area contributed by atoms with E-state index in [9.17, 15) is 4.79 Å². The van der Waals surface area contributed by atoms with Crippen molar-refractivity contribution in [1.82, 2.24) is 20.1 Å². The maximum absolute atomic E-state index is 12.5. The van der Waals surface area contributed by atoms with Gasteiger partial charge in [-0.3, -0.25) is 14.5 Å². The average Bonchev–Trinajstić information content (AvgIpc) is 3.19. The SMILES string of the molecule is Cn1cc(-c2cncc(CNC(=O)c3ccc(-c4ccccc4)cc3)c2)cn1. The molecule has 2 heterocycles. The van der Waals surface area contributed by atoms with E-state index in [0.717, 1.165) is 27.8 Å². The smallest absolute Gasteiger partial charge is 0.251 e. The number of pyridine rings is 1. The molecule has 1 amide bonds. The fourth-order valence-corrected chi connectivity index (χ4v) is 3.04. The topological polar surface area (TPSA) is 59.8 Å². The molecular formula is C23H20N4O. The Morgan fingerprint density at radius 3 is 2.36 bits per heavy atom. The van der Waals surface area contributed by atoms with Gasteiger partial charge in [0.05, 0.1) is 6.20 Å². The van der Waals surface area contributed by atoms with Crippen LogP contribution in [0.3, 0.4) is 0 Å². The lowest BCUT2D eigenvalue weighted by molar-refractivity contribution is 0.0951. The highest BCUT2D eigenvalue weighted by Crippen LogP contribution is 2.20. The molecule has 0 spiro atoms. The molecule has 4 rings (SSSR count). The molecule has 0 aliphatic carbocycles. The lowest BCUT2D eigenvalue weighted by Gasteiger charge is -2.07. The van der Waals surface area contributed by atoms with Crippen LogP contribution in [0, 0.1) is 0 Å². The number of aryl methyl sites for hydroxylation is 1. The van der Waals surface area contributed by atoms with Gasteiger partial charge in [0.25, 0.3) is 5.91 Å². The molecule has 0 saturated heterocycles. The highest BCUT2D eigenvalue weighted by molar-refractivity contribution is 5.94. The molecule has 2 aromatic carbocycles. The Kier molecular flexibility index (Phi) is 4.97. The lowest BCUT2D eigenvalue weighted by Crippen LogP contribution is -2.22. The molecule has 5 heteroatoms. The van der Waals surface area contributed by atoms with Crippen molar-refractivity contribution >= 4 is 5.91 Å². The zero-order valence-electron chi connectivity index (χ0n) is 15.5. The normalized spacial score (nSPS) is 10.6. The van der Waals surface area contributed by atoms with Crippen molar-refractivity contribution in [3.05, 3.63) is 96.6 Å². The van der Waals surface area contributed by atoms with Crippen LogP contribution >= 0.6 is 0 Å². The molecule has 0 fully saturated rings. The number of amides is 1. The Balaban J connectivity index is 1.42. The van der Waals surface area contributed by atoms with Gasteiger partial charge in [-0.25, -0.2) is 0 Å². The third kappa shape index (κ3) is 3.99. The quantitative estimate of drug-likeness (QED) is 0.577. The van der Waals surface area contributed by atoms with E-state index in [-0.39, 0.29) is 5.91 Å².